The molecule has 1 amide bonds. The Kier molecular flexibility index (Phi) is 4.46. The first-order chi connectivity index (χ1) is 9.76. The van der Waals surface area contributed by atoms with Gasteiger partial charge in [0.05, 0.1) is 5.69 Å². The summed E-state index contributed by atoms with van der Waals surface area (Å²) in [5, 5.41) is 0.411. The van der Waals surface area contributed by atoms with Crippen molar-refractivity contribution in [2.75, 3.05) is 36.8 Å². The third kappa shape index (κ3) is 4.14. The lowest BCUT2D eigenvalue weighted by atomic mass is 10.2. The fourth-order valence-electron chi connectivity index (χ4n) is 2.12. The van der Waals surface area contributed by atoms with Crippen molar-refractivity contribution < 1.29 is 9.53 Å². The zero-order valence-corrected chi connectivity index (χ0v) is 13.4. The van der Waals surface area contributed by atoms with Crippen molar-refractivity contribution in [2.45, 2.75) is 26.4 Å². The smallest absolute Gasteiger partial charge is 0.410 e. The third-order valence-corrected chi connectivity index (χ3v) is 3.31. The molecule has 1 aromatic rings. The minimum atomic E-state index is -0.479. The number of halogens is 1. The first-order valence-corrected chi connectivity index (χ1v) is 7.29. The van der Waals surface area contributed by atoms with Crippen LogP contribution >= 0.6 is 11.6 Å². The molecule has 0 saturated carbocycles. The van der Waals surface area contributed by atoms with E-state index in [1.807, 2.05) is 25.7 Å². The van der Waals surface area contributed by atoms with Crippen molar-refractivity contribution >= 4 is 29.2 Å². The molecule has 1 saturated heterocycles. The van der Waals surface area contributed by atoms with Gasteiger partial charge in [0.2, 0.25) is 0 Å². The quantitative estimate of drug-likeness (QED) is 0.806. The molecule has 116 valence electrons. The monoisotopic (exact) mass is 312 g/mol. The molecule has 0 unspecified atom stereocenters. The lowest BCUT2D eigenvalue weighted by Gasteiger charge is -2.36. The van der Waals surface area contributed by atoms with E-state index in [4.69, 9.17) is 22.1 Å². The summed E-state index contributed by atoms with van der Waals surface area (Å²) in [6.45, 7) is 8.02. The number of hydrogen-bond donors (Lipinski definition) is 1. The normalized spacial score (nSPS) is 16.0. The van der Waals surface area contributed by atoms with E-state index < -0.39 is 5.60 Å². The number of carbonyl (C=O) groups is 1. The van der Waals surface area contributed by atoms with Gasteiger partial charge in [0.15, 0.2) is 5.82 Å². The summed E-state index contributed by atoms with van der Waals surface area (Å²) < 4.78 is 5.37. The fourth-order valence-corrected chi connectivity index (χ4v) is 2.26. The molecule has 6 nitrogen and oxygen atoms in total. The van der Waals surface area contributed by atoms with E-state index in [0.717, 1.165) is 0 Å². The van der Waals surface area contributed by atoms with Crippen LogP contribution in [-0.2, 0) is 4.74 Å². The summed E-state index contributed by atoms with van der Waals surface area (Å²) in [7, 11) is 0. The van der Waals surface area contributed by atoms with Crippen molar-refractivity contribution in [2.24, 2.45) is 0 Å². The maximum absolute atomic E-state index is 12.0. The van der Waals surface area contributed by atoms with E-state index in [1.54, 1.807) is 17.0 Å². The molecule has 1 aromatic heterocycles. The number of rotatable bonds is 1. The predicted octanol–water partition coefficient (Wildman–Crippen LogP) is 2.37. The highest BCUT2D eigenvalue weighted by Crippen LogP contribution is 2.24. The van der Waals surface area contributed by atoms with Crippen molar-refractivity contribution in [3.63, 3.8) is 0 Å². The van der Waals surface area contributed by atoms with Crippen LogP contribution in [0.2, 0.25) is 5.15 Å². The number of anilines is 2. The van der Waals surface area contributed by atoms with Gasteiger partial charge in [-0.15, -0.1) is 0 Å². The number of carbonyl (C=O) groups excluding carboxylic acids is 1. The summed E-state index contributed by atoms with van der Waals surface area (Å²) in [5.41, 5.74) is 6.04. The second-order valence-corrected chi connectivity index (χ2v) is 6.39. The largest absolute Gasteiger partial charge is 0.444 e. The zero-order valence-electron chi connectivity index (χ0n) is 12.6. The van der Waals surface area contributed by atoms with Crippen LogP contribution in [0.1, 0.15) is 20.8 Å². The Morgan fingerprint density at radius 3 is 2.48 bits per heavy atom. The van der Waals surface area contributed by atoms with Gasteiger partial charge in [0, 0.05) is 26.2 Å². The highest BCUT2D eigenvalue weighted by atomic mass is 35.5. The number of ether oxygens (including phenoxy) is 1. The summed E-state index contributed by atoms with van der Waals surface area (Å²) >= 11 is 5.91. The molecule has 0 aromatic carbocycles. The summed E-state index contributed by atoms with van der Waals surface area (Å²) in [6.07, 6.45) is -0.283. The van der Waals surface area contributed by atoms with Crippen LogP contribution in [0.15, 0.2) is 12.1 Å². The second-order valence-electron chi connectivity index (χ2n) is 6.00. The van der Waals surface area contributed by atoms with Crippen LogP contribution in [0.3, 0.4) is 0 Å². The molecule has 7 heteroatoms. The Morgan fingerprint density at radius 2 is 1.90 bits per heavy atom. The van der Waals surface area contributed by atoms with E-state index in [1.165, 1.54) is 0 Å². The molecule has 21 heavy (non-hydrogen) atoms. The van der Waals surface area contributed by atoms with Crippen molar-refractivity contribution in [1.29, 1.82) is 0 Å². The van der Waals surface area contributed by atoms with Gasteiger partial charge in [0.1, 0.15) is 10.8 Å². The maximum atomic E-state index is 12.0. The SMILES string of the molecule is CC(C)(C)OC(=O)N1CCN(c2nc(Cl)ccc2N)CC1. The number of nitrogens with zero attached hydrogens (tertiary/aromatic N) is 3. The first kappa shape index (κ1) is 15.7. The number of nitrogen functional groups attached to an aromatic ring is 1. The van der Waals surface area contributed by atoms with Gasteiger partial charge >= 0.3 is 6.09 Å². The van der Waals surface area contributed by atoms with Crippen LogP contribution < -0.4 is 10.6 Å². The van der Waals surface area contributed by atoms with Gasteiger partial charge in [0.25, 0.3) is 0 Å². The molecule has 2 N–H and O–H groups in total. The van der Waals surface area contributed by atoms with Crippen molar-refractivity contribution in [3.8, 4) is 0 Å². The van der Waals surface area contributed by atoms with E-state index in [9.17, 15) is 4.79 Å². The van der Waals surface area contributed by atoms with Gasteiger partial charge in [-0.1, -0.05) is 11.6 Å². The van der Waals surface area contributed by atoms with E-state index in [2.05, 4.69) is 4.98 Å². The molecule has 2 rings (SSSR count). The zero-order chi connectivity index (χ0) is 15.6. The van der Waals surface area contributed by atoms with Crippen LogP contribution in [0, 0.1) is 0 Å². The Balaban J connectivity index is 1.97. The number of nitrogens with two attached hydrogens (primary N) is 1. The molecular weight excluding hydrogens is 292 g/mol. The topological polar surface area (TPSA) is 71.7 Å². The van der Waals surface area contributed by atoms with Crippen LogP contribution in [0.5, 0.6) is 0 Å². The molecule has 0 radical (unpaired) electrons. The summed E-state index contributed by atoms with van der Waals surface area (Å²) in [5.74, 6) is 0.673. The van der Waals surface area contributed by atoms with Gasteiger partial charge in [-0.2, -0.15) is 0 Å². The number of pyridine rings is 1. The van der Waals surface area contributed by atoms with E-state index in [-0.39, 0.29) is 6.09 Å². The predicted molar refractivity (Wildman–Crippen MR) is 83.7 cm³/mol. The third-order valence-electron chi connectivity index (χ3n) is 3.10. The lowest BCUT2D eigenvalue weighted by molar-refractivity contribution is 0.0240. The standard InChI is InChI=1S/C14H21ClN4O2/c1-14(2,3)21-13(20)19-8-6-18(7-9-19)12-10(16)4-5-11(15)17-12/h4-5H,6-9,16H2,1-3H3. The Morgan fingerprint density at radius 1 is 1.29 bits per heavy atom. The minimum absolute atomic E-state index is 0.283. The van der Waals surface area contributed by atoms with E-state index in [0.29, 0.717) is 42.8 Å². The first-order valence-electron chi connectivity index (χ1n) is 6.91. The van der Waals surface area contributed by atoms with Crippen LogP contribution in [0.25, 0.3) is 0 Å². The number of amides is 1. The van der Waals surface area contributed by atoms with Crippen LogP contribution in [-0.4, -0.2) is 47.8 Å². The molecule has 0 aliphatic carbocycles. The van der Waals surface area contributed by atoms with Crippen LogP contribution in [0.4, 0.5) is 16.3 Å². The molecule has 1 fully saturated rings. The van der Waals surface area contributed by atoms with E-state index >= 15 is 0 Å². The molecule has 0 spiro atoms. The highest BCUT2D eigenvalue weighted by Gasteiger charge is 2.26. The number of hydrogen-bond acceptors (Lipinski definition) is 5. The number of piperazine rings is 1. The molecule has 0 bridgehead atoms. The highest BCUT2D eigenvalue weighted by molar-refractivity contribution is 6.29. The average molecular weight is 313 g/mol. The molecule has 0 atom stereocenters. The average Bonchev–Trinajstić information content (AvgIpc) is 2.40. The Bertz CT molecular complexity index is 522. The molecule has 1 aliphatic rings. The van der Waals surface area contributed by atoms with Gasteiger partial charge in [-0.05, 0) is 32.9 Å². The van der Waals surface area contributed by atoms with Crippen molar-refractivity contribution in [3.05, 3.63) is 17.3 Å². The fraction of sp³-hybridized carbons (Fsp3) is 0.571. The number of aromatic nitrogens is 1. The van der Waals surface area contributed by atoms with Gasteiger partial charge < -0.3 is 20.3 Å². The Hall–Kier alpha value is -1.69. The Labute approximate surface area is 129 Å². The van der Waals surface area contributed by atoms with Crippen molar-refractivity contribution in [1.82, 2.24) is 9.88 Å². The van der Waals surface area contributed by atoms with Gasteiger partial charge in [-0.3, -0.25) is 0 Å². The molecular formula is C14H21ClN4O2. The summed E-state index contributed by atoms with van der Waals surface area (Å²) in [6, 6.07) is 3.41. The molecule has 1 aliphatic heterocycles. The second kappa shape index (κ2) is 5.97. The maximum Gasteiger partial charge on any atom is 0.410 e. The summed E-state index contributed by atoms with van der Waals surface area (Å²) in [4.78, 5) is 20.0. The van der Waals surface area contributed by atoms with Gasteiger partial charge in [-0.25, -0.2) is 9.78 Å². The lowest BCUT2D eigenvalue weighted by Crippen LogP contribution is -2.50. The minimum Gasteiger partial charge on any atom is -0.444 e. The molecule has 2 heterocycles.